The largest absolute Gasteiger partial charge is 0.545 e. The number of carbonyl (C=O) groups is 2. The van der Waals surface area contributed by atoms with Gasteiger partial charge in [0.05, 0.1) is 12.2 Å². The number of nitrogens with zero attached hydrogens (tertiary/aromatic N) is 1. The molecule has 1 heterocycles. The minimum absolute atomic E-state index is 0.0423. The molecule has 7 heteroatoms. The summed E-state index contributed by atoms with van der Waals surface area (Å²) in [6, 6.07) is 14.5. The number of hydrazone groups is 1. The molecule has 26 heavy (non-hydrogen) atoms. The van der Waals surface area contributed by atoms with Crippen LogP contribution in [-0.2, 0) is 0 Å². The molecular weight excluding hydrogens is 339 g/mol. The Morgan fingerprint density at radius 2 is 1.81 bits per heavy atom. The summed E-state index contributed by atoms with van der Waals surface area (Å²) in [7, 11) is 0. The number of hydrogen-bond acceptors (Lipinski definition) is 5. The number of halogens is 1. The van der Waals surface area contributed by atoms with Crippen molar-refractivity contribution in [1.29, 1.82) is 0 Å². The second-order valence-electron chi connectivity index (χ2n) is 5.28. The molecule has 0 fully saturated rings. The molecule has 2 aromatic carbocycles. The van der Waals surface area contributed by atoms with Crippen LogP contribution < -0.4 is 10.5 Å². The van der Waals surface area contributed by atoms with Crippen LogP contribution in [0.3, 0.4) is 0 Å². The Kier molecular flexibility index (Phi) is 4.89. The minimum Gasteiger partial charge on any atom is -0.545 e. The van der Waals surface area contributed by atoms with E-state index in [-0.39, 0.29) is 11.1 Å². The highest BCUT2D eigenvalue weighted by Crippen LogP contribution is 2.22. The lowest BCUT2D eigenvalue weighted by atomic mass is 10.1. The Bertz CT molecular complexity index is 977. The Morgan fingerprint density at radius 3 is 2.54 bits per heavy atom. The summed E-state index contributed by atoms with van der Waals surface area (Å²) in [5.74, 6) is -1.40. The van der Waals surface area contributed by atoms with Gasteiger partial charge in [-0.1, -0.05) is 18.2 Å². The maximum absolute atomic E-state index is 12.8. The van der Waals surface area contributed by atoms with Gasteiger partial charge in [-0.25, -0.2) is 9.82 Å². The third-order valence-electron chi connectivity index (χ3n) is 3.47. The van der Waals surface area contributed by atoms with Crippen LogP contribution in [0.25, 0.3) is 11.3 Å². The fourth-order valence-corrected chi connectivity index (χ4v) is 2.20. The first-order chi connectivity index (χ1) is 12.5. The van der Waals surface area contributed by atoms with E-state index in [2.05, 4.69) is 10.5 Å². The summed E-state index contributed by atoms with van der Waals surface area (Å²) in [6.07, 6.45) is 1.30. The van der Waals surface area contributed by atoms with Crippen molar-refractivity contribution in [3.63, 3.8) is 0 Å². The number of furan rings is 1. The molecular formula is C19H12FN2O4-. The lowest BCUT2D eigenvalue weighted by Crippen LogP contribution is -2.22. The van der Waals surface area contributed by atoms with Crippen LogP contribution in [0.5, 0.6) is 0 Å². The van der Waals surface area contributed by atoms with E-state index in [1.165, 1.54) is 42.6 Å². The van der Waals surface area contributed by atoms with Gasteiger partial charge in [-0.3, -0.25) is 4.79 Å². The number of carbonyl (C=O) groups excluding carboxylic acids is 2. The summed E-state index contributed by atoms with van der Waals surface area (Å²) in [5.41, 5.74) is 3.18. The van der Waals surface area contributed by atoms with Gasteiger partial charge in [-0.15, -0.1) is 0 Å². The maximum atomic E-state index is 12.8. The zero-order chi connectivity index (χ0) is 18.5. The SMILES string of the molecule is O=C([O-])c1cccc(-c2ccc(C=NNC(=O)c3ccc(F)cc3)o2)c1. The Morgan fingerprint density at radius 1 is 1.04 bits per heavy atom. The van der Waals surface area contributed by atoms with Crippen LogP contribution >= 0.6 is 0 Å². The third-order valence-corrected chi connectivity index (χ3v) is 3.47. The monoisotopic (exact) mass is 351 g/mol. The van der Waals surface area contributed by atoms with E-state index in [0.29, 0.717) is 17.1 Å². The summed E-state index contributed by atoms with van der Waals surface area (Å²) < 4.78 is 18.4. The zero-order valence-corrected chi connectivity index (χ0v) is 13.3. The fraction of sp³-hybridized carbons (Fsp3) is 0. The third kappa shape index (κ3) is 4.02. The quantitative estimate of drug-likeness (QED) is 0.563. The van der Waals surface area contributed by atoms with E-state index in [0.717, 1.165) is 0 Å². The molecule has 0 unspecified atom stereocenters. The first-order valence-electron chi connectivity index (χ1n) is 7.53. The maximum Gasteiger partial charge on any atom is 0.271 e. The molecule has 3 rings (SSSR count). The normalized spacial score (nSPS) is 10.8. The number of carboxylic acid groups (broad SMARTS) is 1. The van der Waals surface area contributed by atoms with Gasteiger partial charge in [0.1, 0.15) is 17.3 Å². The van der Waals surface area contributed by atoms with E-state index in [9.17, 15) is 19.1 Å². The molecule has 1 N–H and O–H groups in total. The van der Waals surface area contributed by atoms with Crippen molar-refractivity contribution < 1.29 is 23.5 Å². The van der Waals surface area contributed by atoms with Crippen molar-refractivity contribution in [1.82, 2.24) is 5.43 Å². The van der Waals surface area contributed by atoms with E-state index in [1.54, 1.807) is 24.3 Å². The average molecular weight is 351 g/mol. The highest BCUT2D eigenvalue weighted by atomic mass is 19.1. The van der Waals surface area contributed by atoms with Crippen molar-refractivity contribution in [2.24, 2.45) is 5.10 Å². The lowest BCUT2D eigenvalue weighted by molar-refractivity contribution is -0.255. The van der Waals surface area contributed by atoms with Gasteiger partial charge >= 0.3 is 0 Å². The number of amides is 1. The van der Waals surface area contributed by atoms with Gasteiger partial charge in [0.2, 0.25) is 0 Å². The van der Waals surface area contributed by atoms with Gasteiger partial charge in [0.25, 0.3) is 5.91 Å². The molecule has 0 radical (unpaired) electrons. The predicted octanol–water partition coefficient (Wildman–Crippen LogP) is 2.21. The number of aromatic carboxylic acids is 1. The van der Waals surface area contributed by atoms with Crippen LogP contribution in [-0.4, -0.2) is 18.1 Å². The number of carboxylic acids is 1. The number of rotatable bonds is 5. The number of benzene rings is 2. The Labute approximate surface area is 147 Å². The topological polar surface area (TPSA) is 94.7 Å². The summed E-state index contributed by atoms with van der Waals surface area (Å²) in [4.78, 5) is 22.7. The Hall–Kier alpha value is -3.74. The fourth-order valence-electron chi connectivity index (χ4n) is 2.20. The van der Waals surface area contributed by atoms with Crippen molar-refractivity contribution in [3.05, 3.63) is 83.4 Å². The number of nitrogens with one attached hydrogen (secondary N) is 1. The summed E-state index contributed by atoms with van der Waals surface area (Å²) in [5, 5.41) is 14.7. The van der Waals surface area contributed by atoms with Crippen molar-refractivity contribution in [3.8, 4) is 11.3 Å². The minimum atomic E-state index is -1.27. The molecule has 0 spiro atoms. The Balaban J connectivity index is 1.67. The molecule has 1 aromatic heterocycles. The molecule has 0 aliphatic rings. The first-order valence-corrected chi connectivity index (χ1v) is 7.53. The second kappa shape index (κ2) is 7.43. The van der Waals surface area contributed by atoms with Gasteiger partial charge < -0.3 is 14.3 Å². The molecule has 0 atom stereocenters. The van der Waals surface area contributed by atoms with E-state index >= 15 is 0 Å². The van der Waals surface area contributed by atoms with E-state index in [4.69, 9.17) is 4.42 Å². The first kappa shape index (κ1) is 17.1. The van der Waals surface area contributed by atoms with E-state index in [1.807, 2.05) is 0 Å². The predicted molar refractivity (Wildman–Crippen MR) is 89.9 cm³/mol. The van der Waals surface area contributed by atoms with Gasteiger partial charge in [-0.2, -0.15) is 5.10 Å². The number of hydrogen-bond donors (Lipinski definition) is 1. The molecule has 0 aliphatic heterocycles. The zero-order valence-electron chi connectivity index (χ0n) is 13.3. The van der Waals surface area contributed by atoms with Gasteiger partial charge in [0.15, 0.2) is 0 Å². The molecule has 0 saturated heterocycles. The highest BCUT2D eigenvalue weighted by Gasteiger charge is 2.06. The van der Waals surface area contributed by atoms with Crippen molar-refractivity contribution in [2.75, 3.05) is 0 Å². The van der Waals surface area contributed by atoms with Crippen molar-refractivity contribution >= 4 is 18.1 Å². The summed E-state index contributed by atoms with van der Waals surface area (Å²) >= 11 is 0. The standard InChI is InChI=1S/C19H13FN2O4/c20-15-6-4-12(5-7-15)18(23)22-21-11-16-8-9-17(26-16)13-2-1-3-14(10-13)19(24)25/h1-11H,(H,22,23)(H,24,25)/p-1. The van der Waals surface area contributed by atoms with Crippen LogP contribution in [0.2, 0.25) is 0 Å². The summed E-state index contributed by atoms with van der Waals surface area (Å²) in [6.45, 7) is 0. The lowest BCUT2D eigenvalue weighted by Gasteiger charge is -2.03. The smallest absolute Gasteiger partial charge is 0.271 e. The van der Waals surface area contributed by atoms with Crippen LogP contribution in [0.4, 0.5) is 4.39 Å². The molecule has 130 valence electrons. The van der Waals surface area contributed by atoms with E-state index < -0.39 is 17.7 Å². The molecule has 6 nitrogen and oxygen atoms in total. The van der Waals surface area contributed by atoms with Crippen molar-refractivity contribution in [2.45, 2.75) is 0 Å². The highest BCUT2D eigenvalue weighted by molar-refractivity contribution is 5.94. The molecule has 0 bridgehead atoms. The molecule has 3 aromatic rings. The van der Waals surface area contributed by atoms with Crippen LogP contribution in [0.1, 0.15) is 26.5 Å². The van der Waals surface area contributed by atoms with Gasteiger partial charge in [0, 0.05) is 11.1 Å². The second-order valence-corrected chi connectivity index (χ2v) is 5.28. The van der Waals surface area contributed by atoms with Crippen LogP contribution in [0, 0.1) is 5.82 Å². The molecule has 0 saturated carbocycles. The molecule has 1 amide bonds. The van der Waals surface area contributed by atoms with Gasteiger partial charge in [-0.05, 0) is 48.0 Å². The average Bonchev–Trinajstić information content (AvgIpc) is 3.11. The molecule has 0 aliphatic carbocycles. The van der Waals surface area contributed by atoms with Crippen LogP contribution in [0.15, 0.2) is 70.2 Å².